The summed E-state index contributed by atoms with van der Waals surface area (Å²) in [5.41, 5.74) is 0. The van der Waals surface area contributed by atoms with Crippen LogP contribution in [0.5, 0.6) is 0 Å². The van der Waals surface area contributed by atoms with Gasteiger partial charge in [0.05, 0.1) is 26.4 Å². The lowest BCUT2D eigenvalue weighted by Gasteiger charge is -2.21. The van der Waals surface area contributed by atoms with Crippen LogP contribution in [-0.2, 0) is 65.4 Å². The number of ether oxygens (including phenoxy) is 4. The molecular weight excluding hydrogens is 1260 g/mol. The fraction of sp³-hybridized carbons (Fsp3) is 0.948. The first-order valence-electron chi connectivity index (χ1n) is 40.1. The highest BCUT2D eigenvalue weighted by Gasteiger charge is 2.30. The Balaban J connectivity index is 5.09. The van der Waals surface area contributed by atoms with Crippen molar-refractivity contribution in [2.24, 2.45) is 5.92 Å². The van der Waals surface area contributed by atoms with E-state index < -0.39 is 97.5 Å². The predicted molar refractivity (Wildman–Crippen MR) is 391 cm³/mol. The average molecular weight is 1410 g/mol. The zero-order chi connectivity index (χ0) is 70.5. The molecule has 0 aliphatic rings. The van der Waals surface area contributed by atoms with E-state index in [9.17, 15) is 43.2 Å². The van der Waals surface area contributed by atoms with Crippen molar-refractivity contribution in [2.45, 2.75) is 425 Å². The number of unbranched alkanes of at least 4 members (excludes halogenated alkanes) is 49. The second-order valence-corrected chi connectivity index (χ2v) is 31.1. The van der Waals surface area contributed by atoms with Crippen LogP contribution < -0.4 is 0 Å². The molecule has 17 nitrogen and oxygen atoms in total. The van der Waals surface area contributed by atoms with E-state index in [4.69, 9.17) is 37.0 Å². The Morgan fingerprint density at radius 3 is 0.708 bits per heavy atom. The number of phosphoric acid groups is 2. The Morgan fingerprint density at radius 1 is 0.281 bits per heavy atom. The molecule has 0 saturated carbocycles. The number of rotatable bonds is 77. The van der Waals surface area contributed by atoms with E-state index in [1.54, 1.807) is 0 Å². The van der Waals surface area contributed by atoms with Crippen molar-refractivity contribution in [3.8, 4) is 0 Å². The number of carbonyl (C=O) groups is 4. The molecule has 0 spiro atoms. The zero-order valence-corrected chi connectivity index (χ0v) is 64.3. The van der Waals surface area contributed by atoms with Gasteiger partial charge >= 0.3 is 39.5 Å². The largest absolute Gasteiger partial charge is 0.472 e. The zero-order valence-electron chi connectivity index (χ0n) is 62.5. The SMILES string of the molecule is CCCCCCCCCCCCCCCCCCCCCCCCC(=O)O[C@H](COC(=O)CCCCCCCCCCCCCCCCCCC(C)C)COP(=O)(O)OC[C@@H](O)COP(=O)(O)OC[C@@H](COC(=O)CCCCCCC)OC(=O)CCCCCCCCCCCC. The van der Waals surface area contributed by atoms with Crippen molar-refractivity contribution >= 4 is 39.5 Å². The lowest BCUT2D eigenvalue weighted by Crippen LogP contribution is -2.30. The third-order valence-corrected chi connectivity index (χ3v) is 19.9. The van der Waals surface area contributed by atoms with Crippen molar-refractivity contribution in [2.75, 3.05) is 39.6 Å². The fourth-order valence-electron chi connectivity index (χ4n) is 11.9. The molecule has 0 heterocycles. The van der Waals surface area contributed by atoms with E-state index in [-0.39, 0.29) is 25.7 Å². The summed E-state index contributed by atoms with van der Waals surface area (Å²) >= 11 is 0. The standard InChI is InChI=1S/C77H150O17P2/c1-6-9-12-15-17-19-21-22-23-24-25-26-27-28-29-34-37-40-44-48-53-58-63-77(82)94-73(67-88-75(80)61-56-51-46-43-39-36-33-31-30-32-35-38-41-45-50-54-59-70(4)5)69-92-96(85,86)90-65-71(78)64-89-95(83,84)91-68-72(66-87-74(79)60-55-49-14-11-8-3)93-76(81)62-57-52-47-42-20-18-16-13-10-7-2/h70-73,78H,6-69H2,1-5H3,(H,83,84)(H,85,86)/t71-,72+,73+/m0/s1. The molecule has 0 aromatic rings. The highest BCUT2D eigenvalue weighted by atomic mass is 31.2. The third-order valence-electron chi connectivity index (χ3n) is 18.0. The van der Waals surface area contributed by atoms with Gasteiger partial charge in [-0.25, -0.2) is 9.13 Å². The highest BCUT2D eigenvalue weighted by Crippen LogP contribution is 2.45. The maximum absolute atomic E-state index is 13.1. The van der Waals surface area contributed by atoms with E-state index in [0.29, 0.717) is 25.7 Å². The normalized spacial score (nSPS) is 13.9. The summed E-state index contributed by atoms with van der Waals surface area (Å²) in [6.07, 6.45) is 60.3. The van der Waals surface area contributed by atoms with E-state index >= 15 is 0 Å². The molecule has 0 aliphatic heterocycles. The first kappa shape index (κ1) is 94.1. The molecule has 19 heteroatoms. The quantitative estimate of drug-likeness (QED) is 0.0222. The number of hydrogen-bond acceptors (Lipinski definition) is 15. The van der Waals surface area contributed by atoms with E-state index in [1.165, 1.54) is 225 Å². The van der Waals surface area contributed by atoms with Gasteiger partial charge in [-0.2, -0.15) is 0 Å². The molecule has 0 amide bonds. The maximum atomic E-state index is 13.1. The van der Waals surface area contributed by atoms with Crippen LogP contribution >= 0.6 is 15.6 Å². The van der Waals surface area contributed by atoms with Crippen molar-refractivity contribution in [1.29, 1.82) is 0 Å². The summed E-state index contributed by atoms with van der Waals surface area (Å²) in [4.78, 5) is 72.5. The summed E-state index contributed by atoms with van der Waals surface area (Å²) in [6.45, 7) is 7.22. The number of phosphoric ester groups is 2. The minimum absolute atomic E-state index is 0.106. The smallest absolute Gasteiger partial charge is 0.462 e. The monoisotopic (exact) mass is 1410 g/mol. The van der Waals surface area contributed by atoms with Crippen LogP contribution in [-0.4, -0.2) is 96.7 Å². The highest BCUT2D eigenvalue weighted by molar-refractivity contribution is 7.47. The third kappa shape index (κ3) is 70.5. The summed E-state index contributed by atoms with van der Waals surface area (Å²) < 4.78 is 68.2. The molecule has 0 aliphatic carbocycles. The van der Waals surface area contributed by atoms with Gasteiger partial charge in [0.1, 0.15) is 19.3 Å². The Bertz CT molecular complexity index is 1840. The Morgan fingerprint density at radius 2 is 0.479 bits per heavy atom. The van der Waals surface area contributed by atoms with E-state index in [1.807, 2.05) is 0 Å². The van der Waals surface area contributed by atoms with Gasteiger partial charge in [0.25, 0.3) is 0 Å². The van der Waals surface area contributed by atoms with Gasteiger partial charge in [-0.05, 0) is 31.6 Å². The topological polar surface area (TPSA) is 237 Å². The Kier molecular flexibility index (Phi) is 68.7. The second kappa shape index (κ2) is 70.1. The molecule has 96 heavy (non-hydrogen) atoms. The van der Waals surface area contributed by atoms with Gasteiger partial charge in [0.2, 0.25) is 0 Å². The molecule has 570 valence electrons. The molecular formula is C77H150O17P2. The van der Waals surface area contributed by atoms with Crippen LogP contribution in [0.25, 0.3) is 0 Å². The van der Waals surface area contributed by atoms with Crippen molar-refractivity contribution in [1.82, 2.24) is 0 Å². The molecule has 0 bridgehead atoms. The molecule has 0 radical (unpaired) electrons. The Hall–Kier alpha value is -1.94. The van der Waals surface area contributed by atoms with Gasteiger partial charge in [-0.1, -0.05) is 356 Å². The molecule has 0 rings (SSSR count). The molecule has 0 aromatic heterocycles. The van der Waals surface area contributed by atoms with Crippen LogP contribution in [0.3, 0.4) is 0 Å². The first-order chi connectivity index (χ1) is 46.5. The van der Waals surface area contributed by atoms with Crippen LogP contribution in [0.15, 0.2) is 0 Å². The molecule has 0 saturated heterocycles. The van der Waals surface area contributed by atoms with Crippen LogP contribution in [0.2, 0.25) is 0 Å². The van der Waals surface area contributed by atoms with Crippen LogP contribution in [0.1, 0.15) is 407 Å². The molecule has 5 atom stereocenters. The van der Waals surface area contributed by atoms with Gasteiger partial charge in [0.15, 0.2) is 12.2 Å². The predicted octanol–water partition coefficient (Wildman–Crippen LogP) is 22.9. The summed E-state index contributed by atoms with van der Waals surface area (Å²) in [6, 6.07) is 0. The van der Waals surface area contributed by atoms with Crippen LogP contribution in [0.4, 0.5) is 0 Å². The first-order valence-corrected chi connectivity index (χ1v) is 43.1. The number of aliphatic hydroxyl groups excluding tert-OH is 1. The fourth-order valence-corrected chi connectivity index (χ4v) is 13.5. The number of aliphatic hydroxyl groups is 1. The summed E-state index contributed by atoms with van der Waals surface area (Å²) in [7, 11) is -9.90. The lowest BCUT2D eigenvalue weighted by atomic mass is 10.0. The van der Waals surface area contributed by atoms with E-state index in [0.717, 1.165) is 102 Å². The van der Waals surface area contributed by atoms with Crippen molar-refractivity contribution in [3.05, 3.63) is 0 Å². The molecule has 3 N–H and O–H groups in total. The lowest BCUT2D eigenvalue weighted by molar-refractivity contribution is -0.161. The molecule has 0 aromatic carbocycles. The Labute approximate surface area is 588 Å². The average Bonchev–Trinajstić information content (AvgIpc) is 1.14. The molecule has 2 unspecified atom stereocenters. The number of carbonyl (C=O) groups excluding carboxylic acids is 4. The van der Waals surface area contributed by atoms with Crippen molar-refractivity contribution in [3.63, 3.8) is 0 Å². The van der Waals surface area contributed by atoms with E-state index in [2.05, 4.69) is 34.6 Å². The van der Waals surface area contributed by atoms with Crippen molar-refractivity contribution < 1.29 is 80.2 Å². The minimum Gasteiger partial charge on any atom is -0.462 e. The van der Waals surface area contributed by atoms with Gasteiger partial charge in [-0.15, -0.1) is 0 Å². The second-order valence-electron chi connectivity index (χ2n) is 28.2. The van der Waals surface area contributed by atoms with Gasteiger partial charge in [0, 0.05) is 25.7 Å². The minimum atomic E-state index is -4.96. The summed E-state index contributed by atoms with van der Waals surface area (Å²) in [5, 5.41) is 10.6. The maximum Gasteiger partial charge on any atom is 0.472 e. The number of hydrogen-bond donors (Lipinski definition) is 3. The summed E-state index contributed by atoms with van der Waals surface area (Å²) in [5.74, 6) is -1.31. The van der Waals surface area contributed by atoms with Crippen LogP contribution in [0, 0.1) is 5.92 Å². The molecule has 0 fully saturated rings. The van der Waals surface area contributed by atoms with Gasteiger partial charge < -0.3 is 33.8 Å². The number of esters is 4. The van der Waals surface area contributed by atoms with Gasteiger partial charge in [-0.3, -0.25) is 37.3 Å².